The number of thioether (sulfide) groups is 4. The zero-order chi connectivity index (χ0) is 78.7. The molecule has 12 heterocycles. The second-order valence-electron chi connectivity index (χ2n) is 28.6. The number of para-hydroxylation sites is 6. The standard InChI is InChI=1S/2C26H20N3S2.2C22H18N3S2/c1-28-19(13-11-17-7-3-5-9-21(17)28)16-25-29(2)22-14-12-18(15-24(22)30-25)26-27-20-8-4-6-10-23(20)31-26;1-28-14-13-17(19-7-3-5-9-21(19)28)16-25-29(2)22-12-11-18(15-24(22)30-25)26-27-20-8-4-6-10-23(20)31-26;1-24-12-6-5-7-16(24)14-21-25(2)18-11-10-15(13-20(18)26-21)22-23-17-8-3-4-9-19(17)27-22;1-24-11-9-15(10-12-24)13-21-25(2)18-8-7-16(14-20(18)26-21)22-23-17-5-3-4-6-19(17)27-22/h2*3-16H,1-2H3;2*3-14H,1-2H3/q4*+1. The maximum absolute atomic E-state index is 4.84. The monoisotopic (exact) mass is 1650 g/mol. The quantitative estimate of drug-likeness (QED) is 0.136. The van der Waals surface area contributed by atoms with Crippen LogP contribution in [-0.4, -0.2) is 48.1 Å². The summed E-state index contributed by atoms with van der Waals surface area (Å²) < 4.78 is 13.5. The molecule has 0 saturated heterocycles. The summed E-state index contributed by atoms with van der Waals surface area (Å²) in [5.41, 5.74) is 21.3. The predicted molar refractivity (Wildman–Crippen MR) is 495 cm³/mol. The van der Waals surface area contributed by atoms with Gasteiger partial charge in [-0.05, 0) is 169 Å². The Morgan fingerprint density at radius 1 is 0.302 bits per heavy atom. The lowest BCUT2D eigenvalue weighted by atomic mass is 10.1. The Bertz CT molecular complexity index is 6900. The molecule has 4 aliphatic heterocycles. The Morgan fingerprint density at radius 3 is 1.12 bits per heavy atom. The maximum atomic E-state index is 4.84. The van der Waals surface area contributed by atoms with Gasteiger partial charge in [0.05, 0.1) is 89.1 Å². The third kappa shape index (κ3) is 15.0. The zero-order valence-corrected chi connectivity index (χ0v) is 71.2. The topological polar surface area (TPSA) is 80.0 Å². The van der Waals surface area contributed by atoms with E-state index >= 15 is 0 Å². The SMILES string of the molecule is CN1/C(=C/c2cc[n+](C)c3ccccc23)Sc2cc(-c3nc4ccccc4s3)ccc21.CN1/C(=C/c2cc[n+](C)cc2)Sc2cc(-c3nc4ccccc4s3)ccc21.CN1/C(=C/c2ccc3ccccc3[n+]2C)Sc2cc(-c3nc4ccccc4s3)ccc21.CN1/C(=C/c2cccc[n+]2C)Sc2cc(-c3nc4ccccc4s3)ccc21. The molecule has 0 saturated carbocycles. The highest BCUT2D eigenvalue weighted by molar-refractivity contribution is 8.04. The van der Waals surface area contributed by atoms with Crippen LogP contribution in [0.5, 0.6) is 0 Å². The number of aromatic nitrogens is 8. The minimum absolute atomic E-state index is 1.07. The normalized spacial score (nSPS) is 14.8. The van der Waals surface area contributed by atoms with Crippen LogP contribution < -0.4 is 37.9 Å². The van der Waals surface area contributed by atoms with Gasteiger partial charge in [0.15, 0.2) is 24.8 Å². The first-order chi connectivity index (χ1) is 56.7. The number of fused-ring (bicyclic) bond motifs is 10. The van der Waals surface area contributed by atoms with E-state index in [1.165, 1.54) is 148 Å². The van der Waals surface area contributed by atoms with Crippen molar-refractivity contribution in [2.24, 2.45) is 28.2 Å². The van der Waals surface area contributed by atoms with Crippen molar-refractivity contribution >= 4 is 202 Å². The van der Waals surface area contributed by atoms with Crippen molar-refractivity contribution in [3.8, 4) is 42.3 Å². The zero-order valence-electron chi connectivity index (χ0n) is 64.7. The summed E-state index contributed by atoms with van der Waals surface area (Å²) in [7, 11) is 16.9. The molecule has 0 amide bonds. The highest BCUT2D eigenvalue weighted by Crippen LogP contribution is 2.52. The first-order valence-electron chi connectivity index (χ1n) is 37.9. The molecule has 18 aromatic rings. The molecule has 4 aliphatic rings. The molecule has 0 fully saturated rings. The van der Waals surface area contributed by atoms with Crippen LogP contribution in [0.25, 0.3) is 129 Å². The van der Waals surface area contributed by atoms with Gasteiger partial charge in [0.1, 0.15) is 48.2 Å². The third-order valence-electron chi connectivity index (χ3n) is 21.0. The largest absolute Gasteiger partial charge is 0.338 e. The molecule has 12 nitrogen and oxygen atoms in total. The molecule has 8 aromatic heterocycles. The van der Waals surface area contributed by atoms with Gasteiger partial charge in [-0.2, -0.15) is 4.57 Å². The van der Waals surface area contributed by atoms with Gasteiger partial charge in [0.2, 0.25) is 22.4 Å². The van der Waals surface area contributed by atoms with Crippen LogP contribution >= 0.6 is 92.4 Å². The summed E-state index contributed by atoms with van der Waals surface area (Å²) in [4.78, 5) is 33.5. The van der Waals surface area contributed by atoms with Crippen molar-refractivity contribution in [3.63, 3.8) is 0 Å². The summed E-state index contributed by atoms with van der Waals surface area (Å²) in [5, 5.41) is 11.7. The second kappa shape index (κ2) is 31.9. The van der Waals surface area contributed by atoms with Gasteiger partial charge in [-0.1, -0.05) is 120 Å². The van der Waals surface area contributed by atoms with Gasteiger partial charge in [0, 0.05) is 136 Å². The van der Waals surface area contributed by atoms with E-state index in [4.69, 9.17) is 19.9 Å². The van der Waals surface area contributed by atoms with Crippen molar-refractivity contribution in [1.82, 2.24) is 19.9 Å². The Morgan fingerprint density at radius 2 is 0.681 bits per heavy atom. The molecule has 0 unspecified atom stereocenters. The van der Waals surface area contributed by atoms with Gasteiger partial charge >= 0.3 is 0 Å². The number of pyridine rings is 4. The van der Waals surface area contributed by atoms with E-state index in [1.807, 2.05) is 89.0 Å². The number of anilines is 4. The average Bonchev–Trinajstić information content (AvgIpc) is 1.59. The molecule has 564 valence electrons. The Balaban J connectivity index is 0.000000103. The van der Waals surface area contributed by atoms with E-state index < -0.39 is 0 Å². The smallest absolute Gasteiger partial charge is 0.212 e. The molecule has 0 radical (unpaired) electrons. The van der Waals surface area contributed by atoms with Crippen molar-refractivity contribution in [2.75, 3.05) is 47.8 Å². The number of benzene rings is 10. The highest BCUT2D eigenvalue weighted by Gasteiger charge is 2.29. The lowest BCUT2D eigenvalue weighted by Gasteiger charge is -2.14. The summed E-state index contributed by atoms with van der Waals surface area (Å²) in [5.74, 6) is 0. The van der Waals surface area contributed by atoms with Crippen molar-refractivity contribution in [1.29, 1.82) is 0 Å². The van der Waals surface area contributed by atoms with Gasteiger partial charge in [-0.15, -0.1) is 45.3 Å². The number of hydrogen-bond acceptors (Lipinski definition) is 16. The summed E-state index contributed by atoms with van der Waals surface area (Å²) in [6.45, 7) is 0. The van der Waals surface area contributed by atoms with E-state index in [2.05, 4.69) is 368 Å². The summed E-state index contributed by atoms with van der Waals surface area (Å²) >= 11 is 14.3. The fourth-order valence-electron chi connectivity index (χ4n) is 14.6. The third-order valence-corrected chi connectivity index (χ3v) is 30.0. The first-order valence-corrected chi connectivity index (χ1v) is 44.4. The number of rotatable bonds is 8. The van der Waals surface area contributed by atoms with Crippen molar-refractivity contribution in [2.45, 2.75) is 19.6 Å². The molecular formula is C96H76N12S8+4. The van der Waals surface area contributed by atoms with Crippen LogP contribution in [-0.2, 0) is 28.2 Å². The van der Waals surface area contributed by atoms with Gasteiger partial charge in [-0.3, -0.25) is 0 Å². The minimum atomic E-state index is 1.07. The van der Waals surface area contributed by atoms with Gasteiger partial charge in [0.25, 0.3) is 0 Å². The predicted octanol–water partition coefficient (Wildman–Crippen LogP) is 23.6. The van der Waals surface area contributed by atoms with Crippen molar-refractivity contribution < 1.29 is 18.3 Å². The van der Waals surface area contributed by atoms with Crippen LogP contribution in [0.2, 0.25) is 0 Å². The average molecular weight is 1650 g/mol. The van der Waals surface area contributed by atoms with E-state index in [0.29, 0.717) is 0 Å². The molecule has 0 atom stereocenters. The van der Waals surface area contributed by atoms with E-state index in [1.54, 1.807) is 45.3 Å². The summed E-state index contributed by atoms with van der Waals surface area (Å²) in [6.07, 6.45) is 17.4. The maximum Gasteiger partial charge on any atom is 0.212 e. The molecular weight excluding hydrogens is 1580 g/mol. The number of nitrogens with zero attached hydrogens (tertiary/aromatic N) is 12. The lowest BCUT2D eigenvalue weighted by molar-refractivity contribution is -0.673. The molecule has 22 rings (SSSR count). The molecule has 0 aliphatic carbocycles. The second-order valence-corrected chi connectivity index (χ2v) is 36.9. The van der Waals surface area contributed by atoms with Gasteiger partial charge in [-0.25, -0.2) is 33.6 Å². The Hall–Kier alpha value is -11.6. The van der Waals surface area contributed by atoms with E-state index in [-0.39, 0.29) is 0 Å². The van der Waals surface area contributed by atoms with Crippen LogP contribution in [0.3, 0.4) is 0 Å². The molecule has 0 N–H and O–H groups in total. The van der Waals surface area contributed by atoms with Crippen LogP contribution in [0.15, 0.2) is 331 Å². The van der Waals surface area contributed by atoms with E-state index in [0.717, 1.165) is 42.1 Å². The number of hydrogen-bond donors (Lipinski definition) is 0. The van der Waals surface area contributed by atoms with Crippen LogP contribution in [0, 0.1) is 0 Å². The first kappa shape index (κ1) is 74.5. The highest BCUT2D eigenvalue weighted by atomic mass is 32.2. The van der Waals surface area contributed by atoms with E-state index in [9.17, 15) is 0 Å². The fraction of sp³-hybridized carbons (Fsp3) is 0.0833. The number of thiazole rings is 4. The lowest BCUT2D eigenvalue weighted by Crippen LogP contribution is -2.32. The Labute approximate surface area is 706 Å². The number of aryl methyl sites for hydroxylation is 4. The summed E-state index contributed by atoms with van der Waals surface area (Å²) in [6, 6.07) is 94.1. The van der Waals surface area contributed by atoms with Crippen LogP contribution in [0.4, 0.5) is 22.7 Å². The van der Waals surface area contributed by atoms with Crippen molar-refractivity contribution in [3.05, 3.63) is 334 Å². The molecule has 0 spiro atoms. The van der Waals surface area contributed by atoms with Crippen LogP contribution in [0.1, 0.15) is 22.5 Å². The molecule has 0 bridgehead atoms. The van der Waals surface area contributed by atoms with Gasteiger partial charge < -0.3 is 19.6 Å². The molecule has 116 heavy (non-hydrogen) atoms. The molecule has 10 aromatic carbocycles. The fourth-order valence-corrected chi connectivity index (χ4v) is 23.0. The minimum Gasteiger partial charge on any atom is -0.338 e. The Kier molecular flexibility index (Phi) is 20.5. The molecule has 20 heteroatoms.